The number of aliphatic hydroxyl groups excluding tert-OH is 1. The minimum Gasteiger partial charge on any atom is -0.488 e. The molecule has 3 rings (SSSR count). The maximum atomic E-state index is 13.0. The van der Waals surface area contributed by atoms with Gasteiger partial charge in [-0.25, -0.2) is 0 Å². The number of rotatable bonds is 6. The molecule has 2 heterocycles. The van der Waals surface area contributed by atoms with Gasteiger partial charge in [-0.1, -0.05) is 0 Å². The fourth-order valence-corrected chi connectivity index (χ4v) is 3.34. The van der Waals surface area contributed by atoms with Crippen LogP contribution in [0.1, 0.15) is 29.5 Å². The summed E-state index contributed by atoms with van der Waals surface area (Å²) in [5, 5.41) is 25.4. The number of fused-ring (bicyclic) bond motifs is 1. The standard InChI is InChI=1S/C20H23N3O4S/c1-12(8-21)17(28)9-26-14-3-4-16-15(7-14)18(13(2)27-16)19(25)23-20(11-24)5-6-22-10-20/h3-4,7,22,24,28H,5-6,9-11H2,1-2H3,(H,23,25)/b17-12-. The van der Waals surface area contributed by atoms with Gasteiger partial charge in [0.1, 0.15) is 23.7 Å². The minimum atomic E-state index is -0.665. The summed E-state index contributed by atoms with van der Waals surface area (Å²) in [6, 6.07) is 7.25. The number of hydrogen-bond acceptors (Lipinski definition) is 7. The van der Waals surface area contributed by atoms with Gasteiger partial charge in [-0.2, -0.15) is 5.26 Å². The molecule has 0 spiro atoms. The SMILES string of the molecule is C/C(C#N)=C(/S)COc1ccc2oc(C)c(C(=O)NC3(CO)CCNC3)c2c1. The predicted octanol–water partition coefficient (Wildman–Crippen LogP) is 2.30. The third-order valence-corrected chi connectivity index (χ3v) is 5.43. The zero-order valence-electron chi connectivity index (χ0n) is 15.8. The number of benzene rings is 1. The number of nitrogens with one attached hydrogen (secondary N) is 2. The molecule has 0 bridgehead atoms. The lowest BCUT2D eigenvalue weighted by Gasteiger charge is -2.27. The van der Waals surface area contributed by atoms with Crippen LogP contribution in [-0.2, 0) is 0 Å². The number of nitrogens with zero attached hydrogens (tertiary/aromatic N) is 1. The Labute approximate surface area is 168 Å². The molecule has 148 valence electrons. The van der Waals surface area contributed by atoms with Crippen LogP contribution in [-0.4, -0.2) is 42.9 Å². The molecule has 1 aromatic heterocycles. The van der Waals surface area contributed by atoms with Crippen molar-refractivity contribution in [3.8, 4) is 11.8 Å². The Morgan fingerprint density at radius 3 is 2.96 bits per heavy atom. The molecule has 1 amide bonds. The molecule has 1 saturated heterocycles. The third kappa shape index (κ3) is 4.02. The van der Waals surface area contributed by atoms with Crippen LogP contribution in [0.5, 0.6) is 5.75 Å². The van der Waals surface area contributed by atoms with Crippen molar-refractivity contribution >= 4 is 29.5 Å². The van der Waals surface area contributed by atoms with Crippen molar-refractivity contribution in [1.29, 1.82) is 5.26 Å². The normalized spacial score (nSPS) is 20.0. The summed E-state index contributed by atoms with van der Waals surface area (Å²) in [5.74, 6) is 0.749. The monoisotopic (exact) mass is 401 g/mol. The zero-order valence-corrected chi connectivity index (χ0v) is 16.7. The number of carbonyl (C=O) groups excluding carboxylic acids is 1. The van der Waals surface area contributed by atoms with Crippen LogP contribution in [0, 0.1) is 18.3 Å². The number of ether oxygens (including phenoxy) is 1. The maximum absolute atomic E-state index is 13.0. The Morgan fingerprint density at radius 1 is 1.54 bits per heavy atom. The van der Waals surface area contributed by atoms with Crippen molar-refractivity contribution in [3.05, 3.63) is 40.0 Å². The van der Waals surface area contributed by atoms with Crippen molar-refractivity contribution in [2.24, 2.45) is 0 Å². The van der Waals surface area contributed by atoms with Crippen molar-refractivity contribution in [2.75, 3.05) is 26.3 Å². The van der Waals surface area contributed by atoms with Crippen LogP contribution in [0.3, 0.4) is 0 Å². The maximum Gasteiger partial charge on any atom is 0.256 e. The van der Waals surface area contributed by atoms with Gasteiger partial charge >= 0.3 is 0 Å². The van der Waals surface area contributed by atoms with Crippen molar-refractivity contribution < 1.29 is 19.1 Å². The number of allylic oxidation sites excluding steroid dienone is 1. The molecule has 28 heavy (non-hydrogen) atoms. The summed E-state index contributed by atoms with van der Waals surface area (Å²) in [6.07, 6.45) is 0.660. The quantitative estimate of drug-likeness (QED) is 0.437. The minimum absolute atomic E-state index is 0.135. The van der Waals surface area contributed by atoms with E-state index in [4.69, 9.17) is 14.4 Å². The second kappa shape index (κ2) is 8.27. The van der Waals surface area contributed by atoms with E-state index in [1.54, 1.807) is 32.0 Å². The summed E-state index contributed by atoms with van der Waals surface area (Å²) < 4.78 is 11.4. The van der Waals surface area contributed by atoms with Crippen LogP contribution >= 0.6 is 12.6 Å². The molecule has 8 heteroatoms. The summed E-state index contributed by atoms with van der Waals surface area (Å²) in [7, 11) is 0. The highest BCUT2D eigenvalue weighted by Crippen LogP contribution is 2.30. The highest BCUT2D eigenvalue weighted by atomic mass is 32.1. The summed E-state index contributed by atoms with van der Waals surface area (Å²) >= 11 is 4.27. The van der Waals surface area contributed by atoms with Crippen LogP contribution in [0.2, 0.25) is 0 Å². The lowest BCUT2D eigenvalue weighted by molar-refractivity contribution is 0.0852. The summed E-state index contributed by atoms with van der Waals surface area (Å²) in [4.78, 5) is 13.5. The van der Waals surface area contributed by atoms with Gasteiger partial charge in [-0.05, 0) is 45.0 Å². The van der Waals surface area contributed by atoms with E-state index in [0.29, 0.717) is 51.5 Å². The van der Waals surface area contributed by atoms with Crippen molar-refractivity contribution in [2.45, 2.75) is 25.8 Å². The van der Waals surface area contributed by atoms with Gasteiger partial charge in [0.05, 0.1) is 23.8 Å². The molecule has 0 saturated carbocycles. The van der Waals surface area contributed by atoms with Gasteiger partial charge in [0.2, 0.25) is 0 Å². The van der Waals surface area contributed by atoms with Crippen molar-refractivity contribution in [3.63, 3.8) is 0 Å². The molecule has 1 aromatic carbocycles. The third-order valence-electron chi connectivity index (χ3n) is 4.96. The second-order valence-corrected chi connectivity index (χ2v) is 7.52. The average molecular weight is 401 g/mol. The second-order valence-electron chi connectivity index (χ2n) is 6.98. The fraction of sp³-hybridized carbons (Fsp3) is 0.400. The molecular formula is C20H23N3O4S. The van der Waals surface area contributed by atoms with Gasteiger partial charge in [-0.15, -0.1) is 12.6 Å². The van der Waals surface area contributed by atoms with E-state index in [1.807, 2.05) is 6.07 Å². The molecule has 1 aliphatic rings. The smallest absolute Gasteiger partial charge is 0.256 e. The molecule has 3 N–H and O–H groups in total. The number of furan rings is 1. The first-order valence-corrected chi connectivity index (χ1v) is 9.43. The first-order chi connectivity index (χ1) is 13.4. The molecule has 7 nitrogen and oxygen atoms in total. The number of aryl methyl sites for hydroxylation is 1. The number of amides is 1. The Hall–Kier alpha value is -2.47. The van der Waals surface area contributed by atoms with E-state index in [0.717, 1.165) is 6.54 Å². The predicted molar refractivity (Wildman–Crippen MR) is 109 cm³/mol. The highest BCUT2D eigenvalue weighted by Gasteiger charge is 2.36. The summed E-state index contributed by atoms with van der Waals surface area (Å²) in [6.45, 7) is 4.69. The first-order valence-electron chi connectivity index (χ1n) is 8.98. The molecule has 1 aliphatic heterocycles. The van der Waals surface area contributed by atoms with Gasteiger partial charge < -0.3 is 24.9 Å². The van der Waals surface area contributed by atoms with E-state index in [1.165, 1.54) is 0 Å². The first kappa shape index (κ1) is 20.3. The Bertz CT molecular complexity index is 968. The van der Waals surface area contributed by atoms with Crippen LogP contribution in [0.4, 0.5) is 0 Å². The highest BCUT2D eigenvalue weighted by molar-refractivity contribution is 7.84. The van der Waals surface area contributed by atoms with Crippen LogP contribution in [0.15, 0.2) is 33.1 Å². The molecular weight excluding hydrogens is 378 g/mol. The number of nitriles is 1. The Balaban J connectivity index is 1.87. The largest absolute Gasteiger partial charge is 0.488 e. The topological polar surface area (TPSA) is 108 Å². The lowest BCUT2D eigenvalue weighted by Crippen LogP contribution is -2.53. The van der Waals surface area contributed by atoms with E-state index in [2.05, 4.69) is 23.3 Å². The molecule has 1 atom stereocenters. The van der Waals surface area contributed by atoms with E-state index < -0.39 is 5.54 Å². The number of hydrogen-bond donors (Lipinski definition) is 4. The van der Waals surface area contributed by atoms with Gasteiger partial charge in [0.25, 0.3) is 5.91 Å². The van der Waals surface area contributed by atoms with Crippen molar-refractivity contribution in [1.82, 2.24) is 10.6 Å². The van der Waals surface area contributed by atoms with E-state index >= 15 is 0 Å². The van der Waals surface area contributed by atoms with Crippen LogP contribution in [0.25, 0.3) is 11.0 Å². The van der Waals surface area contributed by atoms with E-state index in [9.17, 15) is 9.90 Å². The lowest BCUT2D eigenvalue weighted by atomic mass is 9.98. The zero-order chi connectivity index (χ0) is 20.3. The van der Waals surface area contributed by atoms with Gasteiger partial charge in [0, 0.05) is 22.4 Å². The molecule has 0 aliphatic carbocycles. The Kier molecular flexibility index (Phi) is 5.98. The van der Waals surface area contributed by atoms with E-state index in [-0.39, 0.29) is 19.1 Å². The molecule has 1 unspecified atom stereocenters. The number of thiol groups is 1. The number of aliphatic hydroxyl groups is 1. The summed E-state index contributed by atoms with van der Waals surface area (Å²) in [5.41, 5.74) is 0.826. The molecule has 1 fully saturated rings. The van der Waals surface area contributed by atoms with Gasteiger partial charge in [-0.3, -0.25) is 4.79 Å². The van der Waals surface area contributed by atoms with Crippen LogP contribution < -0.4 is 15.4 Å². The molecule has 0 radical (unpaired) electrons. The fourth-order valence-electron chi connectivity index (χ4n) is 3.22. The van der Waals surface area contributed by atoms with Gasteiger partial charge in [0.15, 0.2) is 0 Å². The molecule has 2 aromatic rings. The Morgan fingerprint density at radius 2 is 2.32 bits per heavy atom. The average Bonchev–Trinajstić information content (AvgIpc) is 3.28. The number of carbonyl (C=O) groups is 1.